The first-order chi connectivity index (χ1) is 7.88. The molecular formula is C12H22N4. The molecule has 16 heavy (non-hydrogen) atoms. The van der Waals surface area contributed by atoms with Crippen LogP contribution in [0.1, 0.15) is 38.2 Å². The highest BCUT2D eigenvalue weighted by Crippen LogP contribution is 2.07. The van der Waals surface area contributed by atoms with Gasteiger partial charge in [-0.3, -0.25) is 10.1 Å². The van der Waals surface area contributed by atoms with Crippen LogP contribution < -0.4 is 5.43 Å². The molecule has 2 rings (SSSR count). The summed E-state index contributed by atoms with van der Waals surface area (Å²) in [5.41, 5.74) is 4.75. The van der Waals surface area contributed by atoms with E-state index in [1.807, 2.05) is 10.9 Å². The van der Waals surface area contributed by atoms with Crippen LogP contribution in [0.3, 0.4) is 0 Å². The number of aromatic nitrogens is 2. The summed E-state index contributed by atoms with van der Waals surface area (Å²) in [7, 11) is 0. The van der Waals surface area contributed by atoms with Gasteiger partial charge in [-0.05, 0) is 19.3 Å². The second kappa shape index (κ2) is 6.01. The Bertz CT molecular complexity index is 302. The molecule has 0 amide bonds. The summed E-state index contributed by atoms with van der Waals surface area (Å²) in [6, 6.07) is 0. The molecule has 0 aromatic carbocycles. The zero-order chi connectivity index (χ0) is 11.2. The van der Waals surface area contributed by atoms with E-state index in [1.54, 1.807) is 0 Å². The predicted molar refractivity (Wildman–Crippen MR) is 64.8 cm³/mol. The Labute approximate surface area is 97.6 Å². The lowest BCUT2D eigenvalue weighted by molar-refractivity contribution is 0.151. The number of rotatable bonds is 5. The van der Waals surface area contributed by atoms with E-state index in [0.29, 0.717) is 0 Å². The van der Waals surface area contributed by atoms with Gasteiger partial charge in [-0.15, -0.1) is 0 Å². The van der Waals surface area contributed by atoms with E-state index in [2.05, 4.69) is 28.7 Å². The third kappa shape index (κ3) is 3.32. The van der Waals surface area contributed by atoms with Crippen LogP contribution in [0.15, 0.2) is 12.4 Å². The van der Waals surface area contributed by atoms with Crippen LogP contribution in [0.4, 0.5) is 0 Å². The topological polar surface area (TPSA) is 33.1 Å². The number of piperidine rings is 1. The summed E-state index contributed by atoms with van der Waals surface area (Å²) in [5.74, 6) is 0. The van der Waals surface area contributed by atoms with Crippen molar-refractivity contribution in [3.05, 3.63) is 18.0 Å². The average Bonchev–Trinajstić information content (AvgIpc) is 2.76. The number of nitrogens with one attached hydrogen (secondary N) is 1. The number of hydrazine groups is 1. The fourth-order valence-electron chi connectivity index (χ4n) is 2.10. The smallest absolute Gasteiger partial charge is 0.0535 e. The number of nitrogens with zero attached hydrogens (tertiary/aromatic N) is 3. The lowest BCUT2D eigenvalue weighted by Gasteiger charge is -2.26. The minimum atomic E-state index is 0.906. The van der Waals surface area contributed by atoms with Crippen LogP contribution in [0.25, 0.3) is 0 Å². The van der Waals surface area contributed by atoms with Gasteiger partial charge in [0.25, 0.3) is 0 Å². The molecule has 0 bridgehead atoms. The molecule has 0 aliphatic carbocycles. The van der Waals surface area contributed by atoms with E-state index >= 15 is 0 Å². The molecule has 0 atom stereocenters. The largest absolute Gasteiger partial charge is 0.272 e. The highest BCUT2D eigenvalue weighted by molar-refractivity contribution is 5.02. The standard InChI is InChI=1S/C12H22N4/c1-2-6-16-11-12(10-14-16)9-13-15-7-4-3-5-8-15/h10-11,13H,2-9H2,1H3. The molecular weight excluding hydrogens is 200 g/mol. The predicted octanol–water partition coefficient (Wildman–Crippen LogP) is 1.78. The first-order valence-electron chi connectivity index (χ1n) is 6.38. The van der Waals surface area contributed by atoms with Crippen molar-refractivity contribution in [2.75, 3.05) is 13.1 Å². The fraction of sp³-hybridized carbons (Fsp3) is 0.750. The lowest BCUT2D eigenvalue weighted by Crippen LogP contribution is -2.41. The second-order valence-corrected chi connectivity index (χ2v) is 4.49. The quantitative estimate of drug-likeness (QED) is 0.824. The van der Waals surface area contributed by atoms with Gasteiger partial charge in [-0.1, -0.05) is 13.3 Å². The van der Waals surface area contributed by atoms with Gasteiger partial charge in [0.15, 0.2) is 0 Å². The Morgan fingerprint density at radius 3 is 2.88 bits per heavy atom. The van der Waals surface area contributed by atoms with Gasteiger partial charge in [0, 0.05) is 37.9 Å². The van der Waals surface area contributed by atoms with Crippen molar-refractivity contribution in [1.29, 1.82) is 0 Å². The fourth-order valence-corrected chi connectivity index (χ4v) is 2.10. The summed E-state index contributed by atoms with van der Waals surface area (Å²) in [6.45, 7) is 6.47. The molecule has 1 N–H and O–H groups in total. The summed E-state index contributed by atoms with van der Waals surface area (Å²) in [6.07, 6.45) is 9.27. The number of hydrogen-bond acceptors (Lipinski definition) is 3. The third-order valence-electron chi connectivity index (χ3n) is 3.00. The third-order valence-corrected chi connectivity index (χ3v) is 3.00. The van der Waals surface area contributed by atoms with E-state index in [4.69, 9.17) is 0 Å². The van der Waals surface area contributed by atoms with Gasteiger partial charge in [-0.25, -0.2) is 5.01 Å². The van der Waals surface area contributed by atoms with E-state index in [-0.39, 0.29) is 0 Å². The highest BCUT2D eigenvalue weighted by atomic mass is 15.5. The molecule has 0 spiro atoms. The first-order valence-corrected chi connectivity index (χ1v) is 6.38. The van der Waals surface area contributed by atoms with Gasteiger partial charge in [0.1, 0.15) is 0 Å². The minimum absolute atomic E-state index is 0.906. The van der Waals surface area contributed by atoms with Gasteiger partial charge in [0.2, 0.25) is 0 Å². The van der Waals surface area contributed by atoms with Gasteiger partial charge < -0.3 is 0 Å². The van der Waals surface area contributed by atoms with Crippen molar-refractivity contribution in [2.24, 2.45) is 0 Å². The van der Waals surface area contributed by atoms with E-state index in [1.165, 1.54) is 37.9 Å². The summed E-state index contributed by atoms with van der Waals surface area (Å²) in [4.78, 5) is 0. The Kier molecular flexibility index (Phi) is 4.36. The SMILES string of the molecule is CCCn1cc(CNN2CCCCC2)cn1. The van der Waals surface area contributed by atoms with Crippen LogP contribution in [0.2, 0.25) is 0 Å². The zero-order valence-corrected chi connectivity index (χ0v) is 10.2. The van der Waals surface area contributed by atoms with Crippen molar-refractivity contribution in [3.8, 4) is 0 Å². The van der Waals surface area contributed by atoms with Gasteiger partial charge >= 0.3 is 0 Å². The molecule has 0 unspecified atom stereocenters. The van der Waals surface area contributed by atoms with Crippen molar-refractivity contribution in [2.45, 2.75) is 45.7 Å². The maximum absolute atomic E-state index is 4.33. The summed E-state index contributed by atoms with van der Waals surface area (Å²) >= 11 is 0. The molecule has 2 heterocycles. The maximum Gasteiger partial charge on any atom is 0.0535 e. The lowest BCUT2D eigenvalue weighted by atomic mass is 10.2. The van der Waals surface area contributed by atoms with Crippen LogP contribution in [0, 0.1) is 0 Å². The van der Waals surface area contributed by atoms with Crippen molar-refractivity contribution in [3.63, 3.8) is 0 Å². The molecule has 1 aliphatic rings. The molecule has 4 heteroatoms. The maximum atomic E-state index is 4.33. The van der Waals surface area contributed by atoms with Crippen LogP contribution in [-0.4, -0.2) is 27.9 Å². The Morgan fingerprint density at radius 2 is 2.12 bits per heavy atom. The molecule has 90 valence electrons. The van der Waals surface area contributed by atoms with E-state index in [0.717, 1.165) is 19.5 Å². The molecule has 1 aliphatic heterocycles. The van der Waals surface area contributed by atoms with Crippen LogP contribution in [-0.2, 0) is 13.1 Å². The monoisotopic (exact) mass is 222 g/mol. The van der Waals surface area contributed by atoms with Gasteiger partial charge in [0.05, 0.1) is 6.20 Å². The molecule has 4 nitrogen and oxygen atoms in total. The number of aryl methyl sites for hydroxylation is 1. The van der Waals surface area contributed by atoms with Crippen molar-refractivity contribution in [1.82, 2.24) is 20.2 Å². The summed E-state index contributed by atoms with van der Waals surface area (Å²) < 4.78 is 2.02. The number of hydrogen-bond donors (Lipinski definition) is 1. The second-order valence-electron chi connectivity index (χ2n) is 4.49. The molecule has 1 saturated heterocycles. The van der Waals surface area contributed by atoms with Gasteiger partial charge in [-0.2, -0.15) is 5.10 Å². The van der Waals surface area contributed by atoms with Crippen LogP contribution in [0.5, 0.6) is 0 Å². The molecule has 0 saturated carbocycles. The van der Waals surface area contributed by atoms with E-state index in [9.17, 15) is 0 Å². The molecule has 1 fully saturated rings. The summed E-state index contributed by atoms with van der Waals surface area (Å²) in [5, 5.41) is 6.66. The van der Waals surface area contributed by atoms with E-state index < -0.39 is 0 Å². The average molecular weight is 222 g/mol. The normalized spacial score (nSPS) is 17.8. The van der Waals surface area contributed by atoms with Crippen molar-refractivity contribution < 1.29 is 0 Å². The molecule has 1 aromatic heterocycles. The Morgan fingerprint density at radius 1 is 1.31 bits per heavy atom. The zero-order valence-electron chi connectivity index (χ0n) is 10.2. The Hall–Kier alpha value is -0.870. The first kappa shape index (κ1) is 11.6. The molecule has 0 radical (unpaired) electrons. The molecule has 1 aromatic rings. The Balaban J connectivity index is 1.75. The highest BCUT2D eigenvalue weighted by Gasteiger charge is 2.09. The van der Waals surface area contributed by atoms with Crippen molar-refractivity contribution >= 4 is 0 Å². The minimum Gasteiger partial charge on any atom is -0.272 e. The van der Waals surface area contributed by atoms with Crippen LogP contribution >= 0.6 is 0 Å².